The fourth-order valence-electron chi connectivity index (χ4n) is 3.64. The van der Waals surface area contributed by atoms with Crippen LogP contribution in [0.5, 0.6) is 0 Å². The zero-order valence-corrected chi connectivity index (χ0v) is 16.4. The van der Waals surface area contributed by atoms with Gasteiger partial charge in [0.25, 0.3) is 0 Å². The Morgan fingerprint density at radius 1 is 1.30 bits per heavy atom. The van der Waals surface area contributed by atoms with Crippen LogP contribution < -0.4 is 10.6 Å². The van der Waals surface area contributed by atoms with Crippen molar-refractivity contribution in [2.24, 2.45) is 0 Å². The van der Waals surface area contributed by atoms with Gasteiger partial charge < -0.3 is 15.2 Å². The normalized spacial score (nSPS) is 13.7. The highest BCUT2D eigenvalue weighted by Crippen LogP contribution is 2.19. The third-order valence-corrected chi connectivity index (χ3v) is 4.99. The van der Waals surface area contributed by atoms with E-state index in [-0.39, 0.29) is 18.3 Å². The number of carbonyl (C=O) groups is 1. The van der Waals surface area contributed by atoms with E-state index in [0.717, 1.165) is 31.7 Å². The molecule has 27 heavy (non-hydrogen) atoms. The fraction of sp³-hybridized carbons (Fsp3) is 0.400. The minimum absolute atomic E-state index is 0. The number of hydrogen-bond donors (Lipinski definition) is 2. The highest BCUT2D eigenvalue weighted by Gasteiger charge is 2.12. The zero-order chi connectivity index (χ0) is 17.9. The molecule has 0 bridgehead atoms. The Bertz CT molecular complexity index is 906. The molecule has 0 spiro atoms. The first kappa shape index (κ1) is 19.5. The zero-order valence-electron chi connectivity index (χ0n) is 15.6. The van der Waals surface area contributed by atoms with Gasteiger partial charge >= 0.3 is 0 Å². The third kappa shape index (κ3) is 4.34. The Morgan fingerprint density at radius 3 is 3.04 bits per heavy atom. The van der Waals surface area contributed by atoms with Crippen molar-refractivity contribution in [1.29, 1.82) is 0 Å². The lowest BCUT2D eigenvalue weighted by atomic mass is 10.2. The maximum absolute atomic E-state index is 12.3. The number of benzene rings is 1. The summed E-state index contributed by atoms with van der Waals surface area (Å²) in [7, 11) is 0. The number of amides is 1. The molecule has 0 unspecified atom stereocenters. The van der Waals surface area contributed by atoms with E-state index < -0.39 is 0 Å². The summed E-state index contributed by atoms with van der Waals surface area (Å²) in [6.45, 7) is 6.09. The van der Waals surface area contributed by atoms with Crippen LogP contribution in [0.3, 0.4) is 0 Å². The molecule has 144 valence electrons. The van der Waals surface area contributed by atoms with Gasteiger partial charge in [-0.3, -0.25) is 9.48 Å². The fourth-order valence-corrected chi connectivity index (χ4v) is 3.64. The van der Waals surface area contributed by atoms with Crippen molar-refractivity contribution in [3.05, 3.63) is 53.5 Å². The standard InChI is InChI=1S/C20H25N5O.ClH/c1-15-11-16-5-2-3-6-19(16)24(15)10-7-20(26)22-13-17-12-18-14-21-8-4-9-25(18)23-17;/h2-3,5-6,11-12,21H,4,7-10,13-14H2,1H3,(H,22,26);1H. The van der Waals surface area contributed by atoms with E-state index in [0.29, 0.717) is 19.5 Å². The molecule has 1 amide bonds. The second-order valence-corrected chi connectivity index (χ2v) is 6.90. The van der Waals surface area contributed by atoms with Gasteiger partial charge in [-0.1, -0.05) is 18.2 Å². The minimum Gasteiger partial charge on any atom is -0.350 e. The Morgan fingerprint density at radius 2 is 2.15 bits per heavy atom. The van der Waals surface area contributed by atoms with Gasteiger partial charge in [-0.25, -0.2) is 0 Å². The number of halogens is 1. The second kappa shape index (κ2) is 8.59. The lowest BCUT2D eigenvalue weighted by molar-refractivity contribution is -0.121. The van der Waals surface area contributed by atoms with Gasteiger partial charge in [0.05, 0.1) is 17.9 Å². The van der Waals surface area contributed by atoms with Gasteiger partial charge in [0.15, 0.2) is 0 Å². The minimum atomic E-state index is 0. The summed E-state index contributed by atoms with van der Waals surface area (Å²) in [5.74, 6) is 0.0588. The highest BCUT2D eigenvalue weighted by molar-refractivity contribution is 5.85. The number of hydrogen-bond acceptors (Lipinski definition) is 3. The molecule has 0 saturated heterocycles. The van der Waals surface area contributed by atoms with Crippen LogP contribution in [-0.2, 0) is 31.0 Å². The number of nitrogens with zero attached hydrogens (tertiary/aromatic N) is 3. The van der Waals surface area contributed by atoms with Crippen molar-refractivity contribution in [3.8, 4) is 0 Å². The van der Waals surface area contributed by atoms with Gasteiger partial charge in [-0.05, 0) is 43.5 Å². The number of aromatic nitrogens is 3. The topological polar surface area (TPSA) is 63.9 Å². The summed E-state index contributed by atoms with van der Waals surface area (Å²) in [4.78, 5) is 12.3. The lowest BCUT2D eigenvalue weighted by Gasteiger charge is -2.08. The number of para-hydroxylation sites is 1. The Hall–Kier alpha value is -2.31. The molecule has 2 N–H and O–H groups in total. The van der Waals surface area contributed by atoms with Gasteiger partial charge in [0, 0.05) is 37.3 Å². The molecule has 0 saturated carbocycles. The van der Waals surface area contributed by atoms with E-state index >= 15 is 0 Å². The summed E-state index contributed by atoms with van der Waals surface area (Å²) in [6, 6.07) is 12.5. The van der Waals surface area contributed by atoms with E-state index in [1.54, 1.807) is 0 Å². The number of rotatable bonds is 5. The van der Waals surface area contributed by atoms with Crippen LogP contribution in [-0.4, -0.2) is 26.8 Å². The summed E-state index contributed by atoms with van der Waals surface area (Å²) >= 11 is 0. The molecule has 1 aliphatic rings. The van der Waals surface area contributed by atoms with Gasteiger partial charge in [-0.2, -0.15) is 5.10 Å². The molecular formula is C20H26ClN5O. The van der Waals surface area contributed by atoms with E-state index in [1.165, 1.54) is 22.3 Å². The van der Waals surface area contributed by atoms with Gasteiger partial charge in [0.2, 0.25) is 5.91 Å². The molecule has 4 rings (SSSR count). The predicted molar refractivity (Wildman–Crippen MR) is 109 cm³/mol. The summed E-state index contributed by atoms with van der Waals surface area (Å²) < 4.78 is 4.26. The van der Waals surface area contributed by atoms with Crippen molar-refractivity contribution < 1.29 is 4.79 Å². The smallest absolute Gasteiger partial charge is 0.222 e. The molecule has 1 aliphatic heterocycles. The molecular weight excluding hydrogens is 362 g/mol. The van der Waals surface area contributed by atoms with E-state index in [1.807, 2.05) is 12.1 Å². The Kier molecular flexibility index (Phi) is 6.19. The monoisotopic (exact) mass is 387 g/mol. The summed E-state index contributed by atoms with van der Waals surface area (Å²) in [5, 5.41) is 12.2. The van der Waals surface area contributed by atoms with E-state index in [9.17, 15) is 4.79 Å². The van der Waals surface area contributed by atoms with E-state index in [4.69, 9.17) is 0 Å². The Balaban J connectivity index is 0.00000210. The van der Waals surface area contributed by atoms with Gasteiger partial charge in [-0.15, -0.1) is 12.4 Å². The molecule has 3 aromatic rings. The third-order valence-electron chi connectivity index (χ3n) is 4.99. The summed E-state index contributed by atoms with van der Waals surface area (Å²) in [6.07, 6.45) is 1.55. The first-order valence-corrected chi connectivity index (χ1v) is 9.28. The van der Waals surface area contributed by atoms with Crippen LogP contribution in [0.1, 0.15) is 29.9 Å². The van der Waals surface area contributed by atoms with Gasteiger partial charge in [0.1, 0.15) is 0 Å². The lowest BCUT2D eigenvalue weighted by Crippen LogP contribution is -2.24. The first-order chi connectivity index (χ1) is 12.7. The van der Waals surface area contributed by atoms with Crippen molar-refractivity contribution in [2.75, 3.05) is 6.54 Å². The molecule has 0 aliphatic carbocycles. The largest absolute Gasteiger partial charge is 0.350 e. The maximum Gasteiger partial charge on any atom is 0.222 e. The summed E-state index contributed by atoms with van der Waals surface area (Å²) in [5.41, 5.74) is 4.49. The van der Waals surface area contributed by atoms with Crippen LogP contribution >= 0.6 is 12.4 Å². The van der Waals surface area contributed by atoms with E-state index in [2.05, 4.69) is 56.2 Å². The number of nitrogens with one attached hydrogen (secondary N) is 2. The molecule has 0 fully saturated rings. The molecule has 7 heteroatoms. The molecule has 2 aromatic heterocycles. The predicted octanol–water partition coefficient (Wildman–Crippen LogP) is 2.77. The molecule has 3 heterocycles. The molecule has 6 nitrogen and oxygen atoms in total. The number of carbonyl (C=O) groups excluding carboxylic acids is 1. The molecule has 1 aromatic carbocycles. The van der Waals surface area contributed by atoms with Crippen LogP contribution in [0.25, 0.3) is 10.9 Å². The Labute approximate surface area is 165 Å². The second-order valence-electron chi connectivity index (χ2n) is 6.90. The van der Waals surface area contributed by atoms with Crippen LogP contribution in [0, 0.1) is 6.92 Å². The van der Waals surface area contributed by atoms with Crippen molar-refractivity contribution in [2.45, 2.75) is 45.9 Å². The van der Waals surface area contributed by atoms with Crippen molar-refractivity contribution in [1.82, 2.24) is 25.0 Å². The molecule has 0 radical (unpaired) electrons. The number of fused-ring (bicyclic) bond motifs is 2. The van der Waals surface area contributed by atoms with Crippen LogP contribution in [0.15, 0.2) is 36.4 Å². The average molecular weight is 388 g/mol. The van der Waals surface area contributed by atoms with Crippen molar-refractivity contribution >= 4 is 29.2 Å². The van der Waals surface area contributed by atoms with Crippen LogP contribution in [0.2, 0.25) is 0 Å². The molecule has 0 atom stereocenters. The average Bonchev–Trinajstić information content (AvgIpc) is 3.10. The maximum atomic E-state index is 12.3. The van der Waals surface area contributed by atoms with Crippen LogP contribution in [0.4, 0.5) is 0 Å². The first-order valence-electron chi connectivity index (χ1n) is 9.28. The van der Waals surface area contributed by atoms with Crippen molar-refractivity contribution in [3.63, 3.8) is 0 Å². The highest BCUT2D eigenvalue weighted by atomic mass is 35.5. The number of aryl methyl sites for hydroxylation is 3. The SMILES string of the molecule is Cc1cc2ccccc2n1CCC(=O)NCc1cc2n(n1)CCCNC2.Cl. The quantitative estimate of drug-likeness (QED) is 0.707.